The Bertz CT molecular complexity index is 383. The van der Waals surface area contributed by atoms with E-state index in [0.717, 1.165) is 11.1 Å². The van der Waals surface area contributed by atoms with Crippen LogP contribution >= 0.6 is 0 Å². The van der Waals surface area contributed by atoms with Gasteiger partial charge in [-0.15, -0.1) is 0 Å². The molecule has 0 bridgehead atoms. The van der Waals surface area contributed by atoms with Crippen molar-refractivity contribution in [3.05, 3.63) is 48.8 Å². The Kier molecular flexibility index (Phi) is 2.00. The lowest BCUT2D eigenvalue weighted by Crippen LogP contribution is -1.81. The third kappa shape index (κ3) is 1.69. The summed E-state index contributed by atoms with van der Waals surface area (Å²) in [6.07, 6.45) is 4.85. The van der Waals surface area contributed by atoms with Crippen LogP contribution < -0.4 is 0 Å². The van der Waals surface area contributed by atoms with Crippen molar-refractivity contribution in [1.29, 1.82) is 0 Å². The van der Waals surface area contributed by atoms with E-state index in [0.29, 0.717) is 0 Å². The molecule has 1 aromatic heterocycles. The molecule has 0 unspecified atom stereocenters. The highest BCUT2D eigenvalue weighted by Gasteiger charge is 1.96. The van der Waals surface area contributed by atoms with Gasteiger partial charge in [0.05, 0.1) is 0 Å². The van der Waals surface area contributed by atoms with Crippen molar-refractivity contribution in [2.75, 3.05) is 0 Å². The van der Waals surface area contributed by atoms with Gasteiger partial charge in [0, 0.05) is 18.0 Å². The van der Waals surface area contributed by atoms with E-state index in [9.17, 15) is 4.39 Å². The number of nitrogens with zero attached hydrogens (tertiary/aromatic N) is 2. The van der Waals surface area contributed by atoms with E-state index in [-0.39, 0.29) is 5.82 Å². The van der Waals surface area contributed by atoms with Crippen molar-refractivity contribution in [2.24, 2.45) is 0 Å². The first-order valence-electron chi connectivity index (χ1n) is 3.87. The van der Waals surface area contributed by atoms with Crippen LogP contribution in [0, 0.1) is 5.82 Å². The van der Waals surface area contributed by atoms with Crippen LogP contribution in [0.1, 0.15) is 0 Å². The SMILES string of the molecule is Fc1ccc(-c2cncnc2)cc1. The topological polar surface area (TPSA) is 25.8 Å². The van der Waals surface area contributed by atoms with Crippen LogP contribution in [0.2, 0.25) is 0 Å². The molecule has 2 nitrogen and oxygen atoms in total. The van der Waals surface area contributed by atoms with Gasteiger partial charge in [0.2, 0.25) is 0 Å². The zero-order chi connectivity index (χ0) is 9.10. The van der Waals surface area contributed by atoms with Crippen molar-refractivity contribution in [2.45, 2.75) is 0 Å². The molecule has 0 amide bonds. The number of hydrogen-bond donors (Lipinski definition) is 0. The van der Waals surface area contributed by atoms with Crippen LogP contribution in [0.15, 0.2) is 43.0 Å². The molecule has 0 aliphatic rings. The van der Waals surface area contributed by atoms with Crippen molar-refractivity contribution < 1.29 is 4.39 Å². The minimum absolute atomic E-state index is 0.236. The first-order valence-corrected chi connectivity index (χ1v) is 3.87. The van der Waals surface area contributed by atoms with E-state index in [4.69, 9.17) is 0 Å². The molecular formula is C10H7FN2. The van der Waals surface area contributed by atoms with E-state index >= 15 is 0 Å². The Morgan fingerprint density at radius 2 is 1.46 bits per heavy atom. The van der Waals surface area contributed by atoms with Crippen LogP contribution in [0.25, 0.3) is 11.1 Å². The highest BCUT2D eigenvalue weighted by molar-refractivity contribution is 5.60. The van der Waals surface area contributed by atoms with Crippen LogP contribution in [0.4, 0.5) is 4.39 Å². The second-order valence-corrected chi connectivity index (χ2v) is 2.63. The molecule has 0 radical (unpaired) electrons. The van der Waals surface area contributed by atoms with Gasteiger partial charge in [0.1, 0.15) is 12.1 Å². The average Bonchev–Trinajstić information content (AvgIpc) is 2.20. The summed E-state index contributed by atoms with van der Waals surface area (Å²) in [5, 5.41) is 0. The van der Waals surface area contributed by atoms with E-state index in [1.54, 1.807) is 24.5 Å². The minimum Gasteiger partial charge on any atom is -0.244 e. The Morgan fingerprint density at radius 1 is 0.846 bits per heavy atom. The molecule has 0 saturated heterocycles. The third-order valence-electron chi connectivity index (χ3n) is 1.74. The summed E-state index contributed by atoms with van der Waals surface area (Å²) in [7, 11) is 0. The van der Waals surface area contributed by atoms with E-state index in [1.807, 2.05) is 0 Å². The molecule has 13 heavy (non-hydrogen) atoms. The molecule has 0 N–H and O–H groups in total. The lowest BCUT2D eigenvalue weighted by atomic mass is 10.1. The monoisotopic (exact) mass is 174 g/mol. The Labute approximate surface area is 75.1 Å². The predicted molar refractivity (Wildman–Crippen MR) is 47.4 cm³/mol. The standard InChI is InChI=1S/C10H7FN2/c11-10-3-1-8(2-4-10)9-5-12-7-13-6-9/h1-7H. The summed E-state index contributed by atoms with van der Waals surface area (Å²) in [5.41, 5.74) is 1.81. The number of hydrogen-bond acceptors (Lipinski definition) is 2. The van der Waals surface area contributed by atoms with Gasteiger partial charge in [0.25, 0.3) is 0 Å². The lowest BCUT2D eigenvalue weighted by Gasteiger charge is -1.98. The fourth-order valence-corrected chi connectivity index (χ4v) is 1.09. The molecule has 0 aliphatic heterocycles. The molecular weight excluding hydrogens is 167 g/mol. The van der Waals surface area contributed by atoms with E-state index in [1.165, 1.54) is 18.5 Å². The summed E-state index contributed by atoms with van der Waals surface area (Å²) in [5.74, 6) is -0.236. The average molecular weight is 174 g/mol. The predicted octanol–water partition coefficient (Wildman–Crippen LogP) is 2.28. The van der Waals surface area contributed by atoms with Gasteiger partial charge in [-0.25, -0.2) is 14.4 Å². The molecule has 3 heteroatoms. The maximum atomic E-state index is 12.6. The van der Waals surface area contributed by atoms with E-state index in [2.05, 4.69) is 9.97 Å². The maximum Gasteiger partial charge on any atom is 0.123 e. The second-order valence-electron chi connectivity index (χ2n) is 2.63. The van der Waals surface area contributed by atoms with Gasteiger partial charge in [0.15, 0.2) is 0 Å². The largest absolute Gasteiger partial charge is 0.244 e. The molecule has 0 fully saturated rings. The van der Waals surface area contributed by atoms with Gasteiger partial charge in [-0.3, -0.25) is 0 Å². The molecule has 0 spiro atoms. The Morgan fingerprint density at radius 3 is 2.08 bits per heavy atom. The molecule has 1 aromatic carbocycles. The molecule has 2 aromatic rings. The summed E-state index contributed by atoms with van der Waals surface area (Å²) < 4.78 is 12.6. The van der Waals surface area contributed by atoms with E-state index < -0.39 is 0 Å². The Hall–Kier alpha value is -1.77. The van der Waals surface area contributed by atoms with Gasteiger partial charge in [-0.2, -0.15) is 0 Å². The molecule has 0 saturated carbocycles. The summed E-state index contributed by atoms with van der Waals surface area (Å²) in [6, 6.07) is 6.24. The fraction of sp³-hybridized carbons (Fsp3) is 0. The number of benzene rings is 1. The quantitative estimate of drug-likeness (QED) is 0.662. The van der Waals surface area contributed by atoms with Gasteiger partial charge < -0.3 is 0 Å². The minimum atomic E-state index is -0.236. The van der Waals surface area contributed by atoms with Crippen LogP contribution in [0.3, 0.4) is 0 Å². The smallest absolute Gasteiger partial charge is 0.123 e. The van der Waals surface area contributed by atoms with Crippen LogP contribution in [0.5, 0.6) is 0 Å². The number of rotatable bonds is 1. The zero-order valence-corrected chi connectivity index (χ0v) is 6.81. The van der Waals surface area contributed by atoms with Crippen LogP contribution in [-0.2, 0) is 0 Å². The highest BCUT2D eigenvalue weighted by atomic mass is 19.1. The molecule has 0 aliphatic carbocycles. The number of aromatic nitrogens is 2. The normalized spacial score (nSPS) is 9.92. The molecule has 64 valence electrons. The summed E-state index contributed by atoms with van der Waals surface area (Å²) >= 11 is 0. The van der Waals surface area contributed by atoms with Crippen molar-refractivity contribution >= 4 is 0 Å². The molecule has 0 atom stereocenters. The van der Waals surface area contributed by atoms with Crippen LogP contribution in [-0.4, -0.2) is 9.97 Å². The van der Waals surface area contributed by atoms with Gasteiger partial charge in [-0.05, 0) is 17.7 Å². The van der Waals surface area contributed by atoms with Crippen molar-refractivity contribution in [3.8, 4) is 11.1 Å². The molecule has 2 rings (SSSR count). The third-order valence-corrected chi connectivity index (χ3v) is 1.74. The van der Waals surface area contributed by atoms with Crippen molar-refractivity contribution in [3.63, 3.8) is 0 Å². The highest BCUT2D eigenvalue weighted by Crippen LogP contribution is 2.16. The first-order chi connectivity index (χ1) is 6.36. The Balaban J connectivity index is 2.42. The molecule has 1 heterocycles. The zero-order valence-electron chi connectivity index (χ0n) is 6.81. The summed E-state index contributed by atoms with van der Waals surface area (Å²) in [6.45, 7) is 0. The lowest BCUT2D eigenvalue weighted by molar-refractivity contribution is 0.628. The maximum absolute atomic E-state index is 12.6. The van der Waals surface area contributed by atoms with Crippen molar-refractivity contribution in [1.82, 2.24) is 9.97 Å². The fourth-order valence-electron chi connectivity index (χ4n) is 1.09. The first kappa shape index (κ1) is 7.86. The van der Waals surface area contributed by atoms with Gasteiger partial charge >= 0.3 is 0 Å². The number of halogens is 1. The summed E-state index contributed by atoms with van der Waals surface area (Å²) in [4.78, 5) is 7.76. The van der Waals surface area contributed by atoms with Gasteiger partial charge in [-0.1, -0.05) is 12.1 Å². The second kappa shape index (κ2) is 3.31.